The highest BCUT2D eigenvalue weighted by molar-refractivity contribution is 7.98. The van der Waals surface area contributed by atoms with Crippen LogP contribution in [0.4, 0.5) is 5.69 Å². The number of rotatable bonds is 9. The van der Waals surface area contributed by atoms with Crippen molar-refractivity contribution in [3.63, 3.8) is 0 Å². The number of piperidine rings is 1. The van der Waals surface area contributed by atoms with Crippen molar-refractivity contribution in [3.05, 3.63) is 89.3 Å². The molecule has 0 bridgehead atoms. The van der Waals surface area contributed by atoms with Gasteiger partial charge in [0.15, 0.2) is 0 Å². The SMILES string of the molecule is COc1ccc(-c2noc(CN3CCCC(C(=O)Nc4ccccc4SCc4ccc(Cl)cc4)C3)n2)cc1. The fraction of sp³-hybridized carbons (Fsp3) is 0.276. The Kier molecular flexibility index (Phi) is 8.63. The highest BCUT2D eigenvalue weighted by atomic mass is 35.5. The van der Waals surface area contributed by atoms with Gasteiger partial charge in [0, 0.05) is 27.8 Å². The number of anilines is 1. The summed E-state index contributed by atoms with van der Waals surface area (Å²) < 4.78 is 10.7. The molecule has 1 aromatic heterocycles. The minimum absolute atomic E-state index is 0.0405. The first kappa shape index (κ1) is 26.3. The molecule has 1 unspecified atom stereocenters. The number of para-hydroxylation sites is 1. The van der Waals surface area contributed by atoms with Gasteiger partial charge in [-0.25, -0.2) is 0 Å². The average Bonchev–Trinajstić information content (AvgIpc) is 3.42. The summed E-state index contributed by atoms with van der Waals surface area (Å²) in [5.74, 6) is 2.59. The van der Waals surface area contributed by atoms with Crippen LogP contribution in [0.15, 0.2) is 82.2 Å². The molecule has 2 heterocycles. The molecule has 7 nitrogen and oxygen atoms in total. The Balaban J connectivity index is 1.17. The largest absolute Gasteiger partial charge is 0.497 e. The van der Waals surface area contributed by atoms with Gasteiger partial charge in [-0.1, -0.05) is 41.0 Å². The number of methoxy groups -OCH3 is 1. The van der Waals surface area contributed by atoms with Crippen molar-refractivity contribution in [2.24, 2.45) is 5.92 Å². The first-order valence-corrected chi connectivity index (χ1v) is 13.9. The van der Waals surface area contributed by atoms with Gasteiger partial charge in [-0.15, -0.1) is 11.8 Å². The van der Waals surface area contributed by atoms with E-state index in [9.17, 15) is 4.79 Å². The Bertz CT molecular complexity index is 1360. The average molecular weight is 549 g/mol. The van der Waals surface area contributed by atoms with Crippen LogP contribution in [0.5, 0.6) is 5.75 Å². The van der Waals surface area contributed by atoms with E-state index in [-0.39, 0.29) is 11.8 Å². The molecule has 1 aliphatic rings. The number of ether oxygens (including phenoxy) is 1. The van der Waals surface area contributed by atoms with E-state index in [0.717, 1.165) is 52.1 Å². The summed E-state index contributed by atoms with van der Waals surface area (Å²) in [6.45, 7) is 2.05. The number of carbonyl (C=O) groups excluding carboxylic acids is 1. The van der Waals surface area contributed by atoms with Crippen molar-refractivity contribution in [1.29, 1.82) is 0 Å². The van der Waals surface area contributed by atoms with Gasteiger partial charge < -0.3 is 14.6 Å². The number of amides is 1. The maximum absolute atomic E-state index is 13.2. The van der Waals surface area contributed by atoms with Gasteiger partial charge in [-0.2, -0.15) is 4.98 Å². The fourth-order valence-electron chi connectivity index (χ4n) is 4.45. The van der Waals surface area contributed by atoms with Gasteiger partial charge >= 0.3 is 0 Å². The zero-order valence-electron chi connectivity index (χ0n) is 21.1. The van der Waals surface area contributed by atoms with Gasteiger partial charge in [-0.3, -0.25) is 9.69 Å². The molecule has 3 aromatic carbocycles. The van der Waals surface area contributed by atoms with Crippen molar-refractivity contribution >= 4 is 35.0 Å². The second-order valence-electron chi connectivity index (χ2n) is 9.22. The summed E-state index contributed by atoms with van der Waals surface area (Å²) in [6, 6.07) is 23.3. The van der Waals surface area contributed by atoms with Gasteiger partial charge in [0.1, 0.15) is 5.75 Å². The second-order valence-corrected chi connectivity index (χ2v) is 10.7. The monoisotopic (exact) mass is 548 g/mol. The van der Waals surface area contributed by atoms with Crippen LogP contribution in [0.3, 0.4) is 0 Å². The molecule has 0 spiro atoms. The predicted octanol–water partition coefficient (Wildman–Crippen LogP) is 6.54. The number of hydrogen-bond donors (Lipinski definition) is 1. The number of hydrogen-bond acceptors (Lipinski definition) is 7. The first-order valence-electron chi connectivity index (χ1n) is 12.5. The number of aromatic nitrogens is 2. The summed E-state index contributed by atoms with van der Waals surface area (Å²) >= 11 is 7.70. The van der Waals surface area contributed by atoms with Crippen molar-refractivity contribution in [2.45, 2.75) is 30.0 Å². The quantitative estimate of drug-likeness (QED) is 0.238. The van der Waals surface area contributed by atoms with Gasteiger partial charge in [0.05, 0.1) is 25.3 Å². The molecule has 1 N–H and O–H groups in total. The van der Waals surface area contributed by atoms with Gasteiger partial charge in [0.2, 0.25) is 17.6 Å². The fourth-order valence-corrected chi connectivity index (χ4v) is 5.54. The molecule has 1 atom stereocenters. The van der Waals surface area contributed by atoms with E-state index < -0.39 is 0 Å². The summed E-state index contributed by atoms with van der Waals surface area (Å²) in [6.07, 6.45) is 1.79. The van der Waals surface area contributed by atoms with Crippen LogP contribution in [-0.2, 0) is 17.1 Å². The molecule has 1 amide bonds. The molecule has 1 saturated heterocycles. The second kappa shape index (κ2) is 12.5. The molecule has 0 radical (unpaired) electrons. The Morgan fingerprint density at radius 2 is 1.92 bits per heavy atom. The van der Waals surface area contributed by atoms with Crippen LogP contribution in [0.1, 0.15) is 24.3 Å². The number of carbonyl (C=O) groups is 1. The molecule has 196 valence electrons. The number of halogens is 1. The van der Waals surface area contributed by atoms with E-state index in [0.29, 0.717) is 24.8 Å². The molecule has 0 aliphatic carbocycles. The van der Waals surface area contributed by atoms with E-state index in [1.165, 1.54) is 5.56 Å². The molecule has 0 saturated carbocycles. The first-order chi connectivity index (χ1) is 18.6. The third kappa shape index (κ3) is 6.75. The van der Waals surface area contributed by atoms with Crippen molar-refractivity contribution in [1.82, 2.24) is 15.0 Å². The Labute approximate surface area is 231 Å². The summed E-state index contributed by atoms with van der Waals surface area (Å²) in [7, 11) is 1.63. The third-order valence-electron chi connectivity index (χ3n) is 6.50. The number of nitrogens with one attached hydrogen (secondary N) is 1. The summed E-state index contributed by atoms with van der Waals surface area (Å²) in [5.41, 5.74) is 2.89. The van der Waals surface area contributed by atoms with Gasteiger partial charge in [-0.05, 0) is 73.5 Å². The normalized spacial score (nSPS) is 15.8. The van der Waals surface area contributed by atoms with E-state index in [1.807, 2.05) is 72.8 Å². The number of benzene rings is 3. The molecule has 1 fully saturated rings. The Morgan fingerprint density at radius 3 is 2.71 bits per heavy atom. The zero-order chi connectivity index (χ0) is 26.3. The number of likely N-dealkylation sites (tertiary alicyclic amines) is 1. The van der Waals surface area contributed by atoms with Crippen LogP contribution < -0.4 is 10.1 Å². The Hall–Kier alpha value is -3.33. The topological polar surface area (TPSA) is 80.5 Å². The minimum Gasteiger partial charge on any atom is -0.497 e. The van der Waals surface area contributed by atoms with Crippen molar-refractivity contribution < 1.29 is 14.1 Å². The summed E-state index contributed by atoms with van der Waals surface area (Å²) in [4.78, 5) is 21.1. The van der Waals surface area contributed by atoms with Crippen molar-refractivity contribution in [2.75, 3.05) is 25.5 Å². The highest BCUT2D eigenvalue weighted by Crippen LogP contribution is 2.31. The maximum atomic E-state index is 13.2. The molecular formula is C29H29ClN4O3S. The van der Waals surface area contributed by atoms with E-state index in [4.69, 9.17) is 20.9 Å². The lowest BCUT2D eigenvalue weighted by atomic mass is 9.97. The highest BCUT2D eigenvalue weighted by Gasteiger charge is 2.27. The van der Waals surface area contributed by atoms with E-state index >= 15 is 0 Å². The van der Waals surface area contributed by atoms with Crippen LogP contribution in [0.2, 0.25) is 5.02 Å². The molecule has 5 rings (SSSR count). The lowest BCUT2D eigenvalue weighted by Crippen LogP contribution is -2.40. The van der Waals surface area contributed by atoms with Crippen LogP contribution in [0.25, 0.3) is 11.4 Å². The zero-order valence-corrected chi connectivity index (χ0v) is 22.7. The standard InChI is InChI=1S/C29H29ClN4O3S/c1-36-24-14-10-21(11-15-24)28-32-27(37-33-28)18-34-16-4-5-22(17-34)29(35)31-25-6-2-3-7-26(25)38-19-20-8-12-23(30)13-9-20/h2-3,6-15,22H,4-5,16-19H2,1H3,(H,31,35). The minimum atomic E-state index is -0.109. The number of nitrogens with zero attached hydrogens (tertiary/aromatic N) is 3. The van der Waals surface area contributed by atoms with E-state index in [2.05, 4.69) is 20.4 Å². The molecule has 4 aromatic rings. The maximum Gasteiger partial charge on any atom is 0.241 e. The predicted molar refractivity (Wildman–Crippen MR) is 150 cm³/mol. The Morgan fingerprint density at radius 1 is 1.13 bits per heavy atom. The molecule has 9 heteroatoms. The van der Waals surface area contributed by atoms with Crippen LogP contribution >= 0.6 is 23.4 Å². The van der Waals surface area contributed by atoms with Gasteiger partial charge in [0.25, 0.3) is 0 Å². The lowest BCUT2D eigenvalue weighted by Gasteiger charge is -2.31. The summed E-state index contributed by atoms with van der Waals surface area (Å²) in [5, 5.41) is 8.03. The van der Waals surface area contributed by atoms with Crippen LogP contribution in [-0.4, -0.2) is 41.1 Å². The molecular weight excluding hydrogens is 520 g/mol. The lowest BCUT2D eigenvalue weighted by molar-refractivity contribution is -0.121. The van der Waals surface area contributed by atoms with Crippen LogP contribution in [0, 0.1) is 5.92 Å². The third-order valence-corrected chi connectivity index (χ3v) is 7.90. The molecule has 38 heavy (non-hydrogen) atoms. The smallest absolute Gasteiger partial charge is 0.241 e. The van der Waals surface area contributed by atoms with E-state index in [1.54, 1.807) is 18.9 Å². The van der Waals surface area contributed by atoms with Crippen molar-refractivity contribution in [3.8, 4) is 17.1 Å². The number of thioether (sulfide) groups is 1. The molecule has 1 aliphatic heterocycles.